The third-order valence-corrected chi connectivity index (χ3v) is 5.81. The van der Waals surface area contributed by atoms with Crippen molar-refractivity contribution in [2.24, 2.45) is 0 Å². The third-order valence-electron chi connectivity index (χ3n) is 4.38. The zero-order valence-electron chi connectivity index (χ0n) is 13.5. The summed E-state index contributed by atoms with van der Waals surface area (Å²) < 4.78 is 38.0. The molecule has 23 heavy (non-hydrogen) atoms. The van der Waals surface area contributed by atoms with Gasteiger partial charge in [-0.3, -0.25) is 4.90 Å². The van der Waals surface area contributed by atoms with Crippen LogP contribution in [-0.2, 0) is 10.0 Å². The number of likely N-dealkylation sites (N-methyl/N-ethyl adjacent to an activating group) is 1. The maximum absolute atomic E-state index is 12.4. The zero-order chi connectivity index (χ0) is 16.4. The molecule has 8 heteroatoms. The second kappa shape index (κ2) is 6.64. The fourth-order valence-corrected chi connectivity index (χ4v) is 3.89. The van der Waals surface area contributed by atoms with Crippen LogP contribution in [0.3, 0.4) is 0 Å². The van der Waals surface area contributed by atoms with Gasteiger partial charge in [-0.15, -0.1) is 0 Å². The first-order valence-corrected chi connectivity index (χ1v) is 9.26. The summed E-state index contributed by atoms with van der Waals surface area (Å²) in [7, 11) is -1.45. The summed E-state index contributed by atoms with van der Waals surface area (Å²) >= 11 is 0. The highest BCUT2D eigenvalue weighted by molar-refractivity contribution is 7.89. The molecule has 0 saturated carbocycles. The Labute approximate surface area is 137 Å². The van der Waals surface area contributed by atoms with E-state index in [4.69, 9.17) is 9.47 Å². The second-order valence-electron chi connectivity index (χ2n) is 6.06. The molecule has 1 atom stereocenters. The smallest absolute Gasteiger partial charge is 0.240 e. The van der Waals surface area contributed by atoms with E-state index in [1.54, 1.807) is 6.07 Å². The minimum atomic E-state index is -3.55. The van der Waals surface area contributed by atoms with Crippen molar-refractivity contribution in [1.82, 2.24) is 14.5 Å². The number of benzene rings is 1. The number of fused-ring (bicyclic) bond motifs is 1. The number of ether oxygens (including phenoxy) is 2. The molecule has 2 heterocycles. The Balaban J connectivity index is 1.60. The molecule has 3 rings (SSSR count). The van der Waals surface area contributed by atoms with Gasteiger partial charge in [-0.05, 0) is 26.1 Å². The van der Waals surface area contributed by atoms with Crippen LogP contribution in [0.1, 0.15) is 6.92 Å². The molecule has 1 aromatic rings. The van der Waals surface area contributed by atoms with Crippen molar-refractivity contribution in [3.63, 3.8) is 0 Å². The van der Waals surface area contributed by atoms with Gasteiger partial charge in [-0.1, -0.05) is 0 Å². The number of rotatable bonds is 5. The van der Waals surface area contributed by atoms with Crippen LogP contribution in [0, 0.1) is 0 Å². The van der Waals surface area contributed by atoms with Gasteiger partial charge in [-0.25, -0.2) is 13.1 Å². The molecule has 1 N–H and O–H groups in total. The first kappa shape index (κ1) is 16.5. The Kier molecular flexibility index (Phi) is 4.77. The number of nitrogens with zero attached hydrogens (tertiary/aromatic N) is 2. The van der Waals surface area contributed by atoms with Crippen LogP contribution in [0.25, 0.3) is 0 Å². The van der Waals surface area contributed by atoms with E-state index in [9.17, 15) is 8.42 Å². The summed E-state index contributed by atoms with van der Waals surface area (Å²) in [5.41, 5.74) is 0. The molecule has 2 aliphatic heterocycles. The average Bonchev–Trinajstić information content (AvgIpc) is 3.01. The van der Waals surface area contributed by atoms with E-state index < -0.39 is 10.0 Å². The molecular formula is C15H23N3O4S. The number of hydrogen-bond donors (Lipinski definition) is 1. The molecule has 1 saturated heterocycles. The van der Waals surface area contributed by atoms with E-state index in [-0.39, 0.29) is 17.7 Å². The van der Waals surface area contributed by atoms with Crippen LogP contribution in [0.2, 0.25) is 0 Å². The van der Waals surface area contributed by atoms with Gasteiger partial charge in [-0.2, -0.15) is 0 Å². The minimum absolute atomic E-state index is 0.132. The molecule has 1 aromatic carbocycles. The lowest BCUT2D eigenvalue weighted by Crippen LogP contribution is -2.51. The van der Waals surface area contributed by atoms with Gasteiger partial charge >= 0.3 is 0 Å². The largest absolute Gasteiger partial charge is 0.454 e. The van der Waals surface area contributed by atoms with Crippen LogP contribution < -0.4 is 14.2 Å². The summed E-state index contributed by atoms with van der Waals surface area (Å²) in [6.45, 7) is 6.52. The van der Waals surface area contributed by atoms with Crippen LogP contribution in [0.5, 0.6) is 11.5 Å². The number of piperazine rings is 1. The molecule has 128 valence electrons. The second-order valence-corrected chi connectivity index (χ2v) is 7.82. The fourth-order valence-electron chi connectivity index (χ4n) is 2.75. The highest BCUT2D eigenvalue weighted by Crippen LogP contribution is 2.33. The Hall–Kier alpha value is -1.35. The first-order chi connectivity index (χ1) is 11.0. The van der Waals surface area contributed by atoms with Crippen molar-refractivity contribution >= 4 is 10.0 Å². The topological polar surface area (TPSA) is 71.1 Å². The van der Waals surface area contributed by atoms with E-state index >= 15 is 0 Å². The lowest BCUT2D eigenvalue weighted by molar-refractivity contribution is 0.120. The van der Waals surface area contributed by atoms with Gasteiger partial charge in [0.1, 0.15) is 0 Å². The zero-order valence-corrected chi connectivity index (χ0v) is 14.3. The molecular weight excluding hydrogens is 318 g/mol. The number of nitrogens with one attached hydrogen (secondary N) is 1. The highest BCUT2D eigenvalue weighted by Gasteiger charge is 2.23. The van der Waals surface area contributed by atoms with Crippen molar-refractivity contribution in [2.75, 3.05) is 46.6 Å². The van der Waals surface area contributed by atoms with Crippen molar-refractivity contribution in [1.29, 1.82) is 0 Å². The summed E-state index contributed by atoms with van der Waals surface area (Å²) in [5, 5.41) is 0. The van der Waals surface area contributed by atoms with Crippen molar-refractivity contribution < 1.29 is 17.9 Å². The Morgan fingerprint density at radius 3 is 2.61 bits per heavy atom. The monoisotopic (exact) mass is 341 g/mol. The van der Waals surface area contributed by atoms with E-state index in [1.165, 1.54) is 12.1 Å². The molecule has 0 aliphatic carbocycles. The van der Waals surface area contributed by atoms with Gasteiger partial charge in [0.2, 0.25) is 16.8 Å². The summed E-state index contributed by atoms with van der Waals surface area (Å²) in [6.07, 6.45) is 0. The standard InChI is InChI=1S/C15H23N3O4S/c1-12(18-7-5-17(2)6-8-18)10-16-23(19,20)13-3-4-14-15(9-13)22-11-21-14/h3-4,9,12,16H,5-8,10-11H2,1-2H3/t12-/m0/s1. The Morgan fingerprint density at radius 1 is 1.17 bits per heavy atom. The van der Waals surface area contributed by atoms with E-state index in [0.29, 0.717) is 18.0 Å². The number of hydrogen-bond acceptors (Lipinski definition) is 6. The van der Waals surface area contributed by atoms with Crippen molar-refractivity contribution in [2.45, 2.75) is 17.9 Å². The van der Waals surface area contributed by atoms with Crippen LogP contribution >= 0.6 is 0 Å². The lowest BCUT2D eigenvalue weighted by atomic mass is 10.2. The average molecular weight is 341 g/mol. The maximum Gasteiger partial charge on any atom is 0.240 e. The number of sulfonamides is 1. The molecule has 7 nitrogen and oxygen atoms in total. The fraction of sp³-hybridized carbons (Fsp3) is 0.600. The van der Waals surface area contributed by atoms with E-state index in [0.717, 1.165) is 26.2 Å². The predicted molar refractivity (Wildman–Crippen MR) is 86.3 cm³/mol. The first-order valence-electron chi connectivity index (χ1n) is 7.77. The molecule has 0 spiro atoms. The lowest BCUT2D eigenvalue weighted by Gasteiger charge is -2.36. The molecule has 0 amide bonds. The predicted octanol–water partition coefficient (Wildman–Crippen LogP) is 0.330. The van der Waals surface area contributed by atoms with Gasteiger partial charge in [0.15, 0.2) is 11.5 Å². The Morgan fingerprint density at radius 2 is 1.87 bits per heavy atom. The van der Waals surface area contributed by atoms with Crippen LogP contribution in [0.4, 0.5) is 0 Å². The van der Waals surface area contributed by atoms with Crippen molar-refractivity contribution in [3.05, 3.63) is 18.2 Å². The normalized spacial score (nSPS) is 20.6. The van der Waals surface area contributed by atoms with Gasteiger partial charge < -0.3 is 14.4 Å². The van der Waals surface area contributed by atoms with Gasteiger partial charge in [0.25, 0.3) is 0 Å². The van der Waals surface area contributed by atoms with E-state index in [2.05, 4.69) is 21.6 Å². The van der Waals surface area contributed by atoms with Crippen molar-refractivity contribution in [3.8, 4) is 11.5 Å². The minimum Gasteiger partial charge on any atom is -0.454 e. The Bertz CT molecular complexity index is 657. The molecule has 0 radical (unpaired) electrons. The molecule has 0 aromatic heterocycles. The van der Waals surface area contributed by atoms with Gasteiger partial charge in [0.05, 0.1) is 4.90 Å². The SMILES string of the molecule is C[C@@H](CNS(=O)(=O)c1ccc2c(c1)OCO2)N1CCN(C)CC1. The maximum atomic E-state index is 12.4. The quantitative estimate of drug-likeness (QED) is 0.832. The van der Waals surface area contributed by atoms with E-state index in [1.807, 2.05) is 6.92 Å². The molecule has 0 unspecified atom stereocenters. The summed E-state index contributed by atoms with van der Waals surface area (Å²) in [5.74, 6) is 1.05. The van der Waals surface area contributed by atoms with Crippen LogP contribution in [-0.4, -0.2) is 70.8 Å². The third kappa shape index (κ3) is 3.77. The molecule has 0 bridgehead atoms. The van der Waals surface area contributed by atoms with Crippen LogP contribution in [0.15, 0.2) is 23.1 Å². The molecule has 1 fully saturated rings. The summed E-state index contributed by atoms with van der Waals surface area (Å²) in [6, 6.07) is 4.83. The molecule has 2 aliphatic rings. The summed E-state index contributed by atoms with van der Waals surface area (Å²) in [4.78, 5) is 4.79. The highest BCUT2D eigenvalue weighted by atomic mass is 32.2. The van der Waals surface area contributed by atoms with Gasteiger partial charge in [0, 0.05) is 44.8 Å².